The lowest BCUT2D eigenvalue weighted by atomic mass is 9.94. The van der Waals surface area contributed by atoms with E-state index in [1.165, 1.54) is 0 Å². The number of carbonyl (C=O) groups is 1. The number of nitrogens with zero attached hydrogens (tertiary/aromatic N) is 2. The average Bonchev–Trinajstić information content (AvgIpc) is 3.18. The molecule has 1 aromatic heterocycles. The fraction of sp³-hybridized carbons (Fsp3) is 0.619. The molecular formula is C21H28N2O6. The summed E-state index contributed by atoms with van der Waals surface area (Å²) in [5, 5.41) is 14.4. The molecular weight excluding hydrogens is 376 g/mol. The third-order valence-electron chi connectivity index (χ3n) is 5.86. The number of phenols is 1. The molecule has 2 aliphatic heterocycles. The van der Waals surface area contributed by atoms with Crippen LogP contribution in [0.5, 0.6) is 11.6 Å². The second-order valence-corrected chi connectivity index (χ2v) is 7.82. The summed E-state index contributed by atoms with van der Waals surface area (Å²) in [6.45, 7) is 4.04. The highest BCUT2D eigenvalue weighted by Gasteiger charge is 2.25. The van der Waals surface area contributed by atoms with Crippen molar-refractivity contribution in [3.8, 4) is 11.6 Å². The van der Waals surface area contributed by atoms with Gasteiger partial charge in [0.15, 0.2) is 5.58 Å². The van der Waals surface area contributed by atoms with Crippen molar-refractivity contribution in [1.82, 2.24) is 10.1 Å². The predicted molar refractivity (Wildman–Crippen MR) is 105 cm³/mol. The molecule has 0 amide bonds. The lowest BCUT2D eigenvalue weighted by Crippen LogP contribution is -2.37. The van der Waals surface area contributed by atoms with Crippen LogP contribution in [0.1, 0.15) is 32.1 Å². The smallest absolute Gasteiger partial charge is 0.310 e. The predicted octanol–water partition coefficient (Wildman–Crippen LogP) is 2.94. The normalized spacial score (nSPS) is 19.4. The van der Waals surface area contributed by atoms with Crippen molar-refractivity contribution in [2.75, 3.05) is 39.6 Å². The van der Waals surface area contributed by atoms with Gasteiger partial charge in [0, 0.05) is 26.3 Å². The lowest BCUT2D eigenvalue weighted by molar-refractivity contribution is -0.157. The summed E-state index contributed by atoms with van der Waals surface area (Å²) in [5.74, 6) is 0.916. The number of hydrogen-bond donors (Lipinski definition) is 1. The topological polar surface area (TPSA) is 94.3 Å². The Bertz CT molecular complexity index is 809. The number of rotatable bonds is 7. The van der Waals surface area contributed by atoms with Gasteiger partial charge in [0.2, 0.25) is 0 Å². The van der Waals surface area contributed by atoms with E-state index in [1.807, 2.05) is 0 Å². The SMILES string of the molecule is O=C(OCN1CCC(CCOc2noc3cccc(O)c23)CC1)C1CCOCC1. The number of aromatic hydroxyl groups is 1. The van der Waals surface area contributed by atoms with E-state index >= 15 is 0 Å². The van der Waals surface area contributed by atoms with Crippen molar-refractivity contribution in [3.05, 3.63) is 18.2 Å². The van der Waals surface area contributed by atoms with E-state index < -0.39 is 0 Å². The van der Waals surface area contributed by atoms with Gasteiger partial charge in [0.05, 0.1) is 12.5 Å². The fourth-order valence-electron chi connectivity index (χ4n) is 3.98. The van der Waals surface area contributed by atoms with Gasteiger partial charge in [-0.05, 0) is 55.3 Å². The van der Waals surface area contributed by atoms with Gasteiger partial charge >= 0.3 is 5.97 Å². The van der Waals surface area contributed by atoms with Gasteiger partial charge in [-0.15, -0.1) is 0 Å². The molecule has 8 nitrogen and oxygen atoms in total. The van der Waals surface area contributed by atoms with Crippen LogP contribution in [-0.4, -0.2) is 60.8 Å². The highest BCUT2D eigenvalue weighted by Crippen LogP contribution is 2.33. The van der Waals surface area contributed by atoms with Crippen LogP contribution in [0.25, 0.3) is 11.0 Å². The van der Waals surface area contributed by atoms with Crippen LogP contribution in [0.2, 0.25) is 0 Å². The van der Waals surface area contributed by atoms with Crippen LogP contribution in [0.4, 0.5) is 0 Å². The van der Waals surface area contributed by atoms with Crippen molar-refractivity contribution < 1.29 is 28.6 Å². The minimum atomic E-state index is -0.0908. The number of fused-ring (bicyclic) bond motifs is 1. The summed E-state index contributed by atoms with van der Waals surface area (Å²) in [4.78, 5) is 14.3. The first kappa shape index (κ1) is 20.0. The molecule has 158 valence electrons. The van der Waals surface area contributed by atoms with Gasteiger partial charge in [0.1, 0.15) is 17.9 Å². The van der Waals surface area contributed by atoms with Crippen LogP contribution in [0.15, 0.2) is 22.7 Å². The Labute approximate surface area is 169 Å². The molecule has 0 unspecified atom stereocenters. The molecule has 0 radical (unpaired) electrons. The minimum Gasteiger partial charge on any atom is -0.507 e. The Morgan fingerprint density at radius 1 is 1.21 bits per heavy atom. The molecule has 8 heteroatoms. The Hall–Kier alpha value is -2.32. The molecule has 2 aliphatic rings. The third-order valence-corrected chi connectivity index (χ3v) is 5.86. The van der Waals surface area contributed by atoms with Crippen LogP contribution in [-0.2, 0) is 14.3 Å². The van der Waals surface area contributed by atoms with Gasteiger partial charge < -0.3 is 23.8 Å². The van der Waals surface area contributed by atoms with Crippen molar-refractivity contribution in [3.63, 3.8) is 0 Å². The maximum absolute atomic E-state index is 12.1. The number of carbonyl (C=O) groups excluding carboxylic acids is 1. The zero-order chi connectivity index (χ0) is 20.1. The minimum absolute atomic E-state index is 0.00881. The maximum atomic E-state index is 12.1. The zero-order valence-electron chi connectivity index (χ0n) is 16.5. The van der Waals surface area contributed by atoms with Gasteiger partial charge in [-0.1, -0.05) is 6.07 Å². The Balaban J connectivity index is 1.15. The monoisotopic (exact) mass is 404 g/mol. The second kappa shape index (κ2) is 9.45. The summed E-state index contributed by atoms with van der Waals surface area (Å²) < 4.78 is 21.7. The standard InChI is InChI=1S/C21H28N2O6/c24-17-2-1-3-18-19(17)20(22-29-18)27-13-6-15-4-9-23(10-5-15)14-28-21(25)16-7-11-26-12-8-16/h1-3,15-16,24H,4-14H2. The van der Waals surface area contributed by atoms with Crippen molar-refractivity contribution in [2.24, 2.45) is 11.8 Å². The van der Waals surface area contributed by atoms with Crippen LogP contribution in [0.3, 0.4) is 0 Å². The largest absolute Gasteiger partial charge is 0.507 e. The third kappa shape index (κ3) is 5.00. The van der Waals surface area contributed by atoms with E-state index in [0.29, 0.717) is 49.3 Å². The Morgan fingerprint density at radius 3 is 2.79 bits per heavy atom. The molecule has 0 saturated carbocycles. The van der Waals surface area contributed by atoms with E-state index in [1.54, 1.807) is 18.2 Å². The lowest BCUT2D eigenvalue weighted by Gasteiger charge is -2.31. The molecule has 3 heterocycles. The summed E-state index contributed by atoms with van der Waals surface area (Å²) >= 11 is 0. The summed E-state index contributed by atoms with van der Waals surface area (Å²) in [7, 11) is 0. The van der Waals surface area contributed by atoms with Crippen molar-refractivity contribution >= 4 is 16.9 Å². The van der Waals surface area contributed by atoms with Gasteiger partial charge in [-0.3, -0.25) is 9.69 Å². The molecule has 29 heavy (non-hydrogen) atoms. The van der Waals surface area contributed by atoms with Crippen LogP contribution >= 0.6 is 0 Å². The number of likely N-dealkylation sites (tertiary alicyclic amines) is 1. The highest BCUT2D eigenvalue weighted by atomic mass is 16.5. The average molecular weight is 404 g/mol. The first-order valence-electron chi connectivity index (χ1n) is 10.4. The van der Waals surface area contributed by atoms with E-state index in [4.69, 9.17) is 18.7 Å². The number of benzene rings is 1. The number of piperidine rings is 1. The summed E-state index contributed by atoms with van der Waals surface area (Å²) in [5.41, 5.74) is 0.517. The van der Waals surface area contributed by atoms with Gasteiger partial charge in [0.25, 0.3) is 5.88 Å². The molecule has 1 aromatic carbocycles. The van der Waals surface area contributed by atoms with Crippen LogP contribution in [0, 0.1) is 11.8 Å². The molecule has 0 bridgehead atoms. The molecule has 2 saturated heterocycles. The van der Waals surface area contributed by atoms with E-state index in [0.717, 1.165) is 45.2 Å². The van der Waals surface area contributed by atoms with E-state index in [2.05, 4.69) is 10.1 Å². The van der Waals surface area contributed by atoms with Crippen molar-refractivity contribution in [2.45, 2.75) is 32.1 Å². The van der Waals surface area contributed by atoms with E-state index in [-0.39, 0.29) is 17.6 Å². The first-order chi connectivity index (χ1) is 14.2. The molecule has 1 N–H and O–H groups in total. The first-order valence-corrected chi connectivity index (χ1v) is 10.4. The summed E-state index contributed by atoms with van der Waals surface area (Å²) in [6, 6.07) is 5.05. The number of ether oxygens (including phenoxy) is 3. The number of aromatic nitrogens is 1. The highest BCUT2D eigenvalue weighted by molar-refractivity contribution is 5.88. The quantitative estimate of drug-likeness (QED) is 0.704. The maximum Gasteiger partial charge on any atom is 0.310 e. The second-order valence-electron chi connectivity index (χ2n) is 7.82. The Morgan fingerprint density at radius 2 is 2.00 bits per heavy atom. The molecule has 0 atom stereocenters. The zero-order valence-corrected chi connectivity index (χ0v) is 16.5. The van der Waals surface area contributed by atoms with Gasteiger partial charge in [-0.2, -0.15) is 0 Å². The molecule has 2 fully saturated rings. The summed E-state index contributed by atoms with van der Waals surface area (Å²) in [6.07, 6.45) is 4.53. The van der Waals surface area contributed by atoms with Crippen molar-refractivity contribution in [1.29, 1.82) is 0 Å². The number of phenolic OH excluding ortho intramolecular Hbond substituents is 1. The molecule has 0 aliphatic carbocycles. The number of hydrogen-bond acceptors (Lipinski definition) is 8. The molecule has 4 rings (SSSR count). The number of esters is 1. The molecule has 0 spiro atoms. The van der Waals surface area contributed by atoms with Gasteiger partial charge in [-0.25, -0.2) is 0 Å². The Kier molecular flexibility index (Phi) is 6.51. The molecule has 2 aromatic rings. The van der Waals surface area contributed by atoms with Crippen LogP contribution < -0.4 is 4.74 Å². The fourth-order valence-corrected chi connectivity index (χ4v) is 3.98. The van der Waals surface area contributed by atoms with E-state index in [9.17, 15) is 9.90 Å².